The molecule has 1 aromatic carbocycles. The molecular formula is C16H26ClN. The summed E-state index contributed by atoms with van der Waals surface area (Å²) in [6.45, 7) is 4.03. The van der Waals surface area contributed by atoms with E-state index in [1.807, 2.05) is 38.1 Å². The lowest BCUT2D eigenvalue weighted by Crippen LogP contribution is -2.34. The van der Waals surface area contributed by atoms with E-state index >= 15 is 0 Å². The minimum atomic E-state index is -0.145. The van der Waals surface area contributed by atoms with Crippen LogP contribution in [0.15, 0.2) is 24.3 Å². The van der Waals surface area contributed by atoms with E-state index in [2.05, 4.69) is 0 Å². The van der Waals surface area contributed by atoms with Gasteiger partial charge in [-0.3, -0.25) is 0 Å². The van der Waals surface area contributed by atoms with E-state index in [1.54, 1.807) is 0 Å². The van der Waals surface area contributed by atoms with E-state index < -0.39 is 0 Å². The predicted molar refractivity (Wildman–Crippen MR) is 81.1 cm³/mol. The van der Waals surface area contributed by atoms with Crippen LogP contribution >= 0.6 is 11.6 Å². The van der Waals surface area contributed by atoms with Gasteiger partial charge in [0.15, 0.2) is 0 Å². The molecule has 2 heteroatoms. The molecule has 2 rings (SSSR count). The van der Waals surface area contributed by atoms with Crippen molar-refractivity contribution in [3.8, 4) is 0 Å². The molecule has 18 heavy (non-hydrogen) atoms. The highest BCUT2D eigenvalue weighted by molar-refractivity contribution is 6.30. The van der Waals surface area contributed by atoms with Crippen LogP contribution in [0.3, 0.4) is 0 Å². The van der Waals surface area contributed by atoms with Crippen LogP contribution in [0, 0.1) is 0 Å². The van der Waals surface area contributed by atoms with Gasteiger partial charge in [0.05, 0.1) is 0 Å². The fraction of sp³-hybridized carbons (Fsp3) is 0.625. The molecule has 1 nitrogen and oxygen atoms in total. The number of nitrogens with two attached hydrogens (primary N) is 1. The quantitative estimate of drug-likeness (QED) is 0.805. The zero-order chi connectivity index (χ0) is 13.4. The fourth-order valence-electron chi connectivity index (χ4n) is 2.19. The van der Waals surface area contributed by atoms with Crippen LogP contribution in [0.5, 0.6) is 0 Å². The molecule has 2 N–H and O–H groups in total. The molecule has 0 heterocycles. The van der Waals surface area contributed by atoms with Gasteiger partial charge in [-0.25, -0.2) is 0 Å². The molecule has 0 atom stereocenters. The smallest absolute Gasteiger partial charge is 0.0406 e. The number of hydrogen-bond donors (Lipinski definition) is 1. The maximum Gasteiger partial charge on any atom is 0.0406 e. The monoisotopic (exact) mass is 267 g/mol. The summed E-state index contributed by atoms with van der Waals surface area (Å²) in [6.07, 6.45) is 9.88. The van der Waals surface area contributed by atoms with Gasteiger partial charge in [-0.05, 0) is 38.0 Å². The number of hydrogen-bond acceptors (Lipinski definition) is 1. The molecule has 1 fully saturated rings. The van der Waals surface area contributed by atoms with Crippen LogP contribution in [0.2, 0.25) is 5.02 Å². The van der Waals surface area contributed by atoms with Gasteiger partial charge < -0.3 is 5.73 Å². The molecule has 0 radical (unpaired) electrons. The summed E-state index contributed by atoms with van der Waals surface area (Å²) in [6, 6.07) is 7.80. The molecule has 102 valence electrons. The first-order chi connectivity index (χ1) is 8.47. The second kappa shape index (κ2) is 7.81. The molecule has 1 aliphatic rings. The second-order valence-corrected chi connectivity index (χ2v) is 6.35. The summed E-state index contributed by atoms with van der Waals surface area (Å²) >= 11 is 5.75. The van der Waals surface area contributed by atoms with E-state index in [0.29, 0.717) is 0 Å². The van der Waals surface area contributed by atoms with Crippen molar-refractivity contribution < 1.29 is 0 Å². The normalized spacial score (nSPS) is 15.8. The Bertz CT molecular complexity index is 308. The van der Waals surface area contributed by atoms with Gasteiger partial charge >= 0.3 is 0 Å². The van der Waals surface area contributed by atoms with Crippen molar-refractivity contribution in [3.63, 3.8) is 0 Å². The minimum Gasteiger partial charge on any atom is -0.325 e. The lowest BCUT2D eigenvalue weighted by atomic mass is 9.96. The van der Waals surface area contributed by atoms with Crippen LogP contribution in [0.25, 0.3) is 0 Å². The van der Waals surface area contributed by atoms with E-state index in [9.17, 15) is 0 Å². The maximum absolute atomic E-state index is 5.87. The Balaban J connectivity index is 0.000000225. The summed E-state index contributed by atoms with van der Waals surface area (Å²) in [7, 11) is 0. The molecule has 0 bridgehead atoms. The SMILES string of the molecule is C1CCCCC1.CC(C)(N)Cc1ccc(Cl)cc1. The van der Waals surface area contributed by atoms with Gasteiger partial charge in [-0.2, -0.15) is 0 Å². The van der Waals surface area contributed by atoms with Crippen molar-refractivity contribution >= 4 is 11.6 Å². The fourth-order valence-corrected chi connectivity index (χ4v) is 2.32. The molecule has 0 aromatic heterocycles. The minimum absolute atomic E-state index is 0.145. The number of benzene rings is 1. The summed E-state index contributed by atoms with van der Waals surface area (Å²) < 4.78 is 0. The first kappa shape index (κ1) is 15.5. The molecule has 0 amide bonds. The number of rotatable bonds is 2. The van der Waals surface area contributed by atoms with Gasteiger partial charge in [-0.15, -0.1) is 0 Å². The van der Waals surface area contributed by atoms with Crippen molar-refractivity contribution in [1.82, 2.24) is 0 Å². The van der Waals surface area contributed by atoms with Gasteiger partial charge in [0.1, 0.15) is 0 Å². The highest BCUT2D eigenvalue weighted by Crippen LogP contribution is 2.15. The van der Waals surface area contributed by atoms with Gasteiger partial charge in [-0.1, -0.05) is 62.3 Å². The molecule has 0 unspecified atom stereocenters. The lowest BCUT2D eigenvalue weighted by molar-refractivity contribution is 0.504. The summed E-state index contributed by atoms with van der Waals surface area (Å²) in [4.78, 5) is 0. The largest absolute Gasteiger partial charge is 0.325 e. The van der Waals surface area contributed by atoms with Crippen molar-refractivity contribution in [3.05, 3.63) is 34.9 Å². The zero-order valence-corrected chi connectivity index (χ0v) is 12.5. The van der Waals surface area contributed by atoms with Crippen LogP contribution in [-0.2, 0) is 6.42 Å². The average molecular weight is 268 g/mol. The third-order valence-electron chi connectivity index (χ3n) is 3.07. The summed E-state index contributed by atoms with van der Waals surface area (Å²) in [5.74, 6) is 0. The maximum atomic E-state index is 5.87. The Morgan fingerprint density at radius 2 is 1.33 bits per heavy atom. The Labute approximate surface area is 117 Å². The number of halogens is 1. The molecule has 1 aromatic rings. The molecular weight excluding hydrogens is 242 g/mol. The Morgan fingerprint density at radius 3 is 1.67 bits per heavy atom. The van der Waals surface area contributed by atoms with Crippen molar-refractivity contribution in [1.29, 1.82) is 0 Å². The van der Waals surface area contributed by atoms with E-state index in [1.165, 1.54) is 44.1 Å². The molecule has 0 spiro atoms. The first-order valence-electron chi connectivity index (χ1n) is 7.01. The van der Waals surface area contributed by atoms with E-state index in [0.717, 1.165) is 11.4 Å². The Kier molecular flexibility index (Phi) is 6.73. The second-order valence-electron chi connectivity index (χ2n) is 5.91. The van der Waals surface area contributed by atoms with Crippen molar-refractivity contribution in [2.75, 3.05) is 0 Å². The lowest BCUT2D eigenvalue weighted by Gasteiger charge is -2.18. The molecule has 0 aliphatic heterocycles. The van der Waals surface area contributed by atoms with Gasteiger partial charge in [0.2, 0.25) is 0 Å². The van der Waals surface area contributed by atoms with Gasteiger partial charge in [0.25, 0.3) is 0 Å². The summed E-state index contributed by atoms with van der Waals surface area (Å²) in [5.41, 5.74) is 6.96. The molecule has 0 saturated heterocycles. The average Bonchev–Trinajstić information content (AvgIpc) is 2.34. The predicted octanol–water partition coefficient (Wildman–Crippen LogP) is 4.96. The summed E-state index contributed by atoms with van der Waals surface area (Å²) in [5, 5.41) is 0.772. The highest BCUT2D eigenvalue weighted by Gasteiger charge is 2.10. The van der Waals surface area contributed by atoms with E-state index in [4.69, 9.17) is 17.3 Å². The van der Waals surface area contributed by atoms with Crippen LogP contribution in [0.4, 0.5) is 0 Å². The highest BCUT2D eigenvalue weighted by atomic mass is 35.5. The third-order valence-corrected chi connectivity index (χ3v) is 3.32. The van der Waals surface area contributed by atoms with Gasteiger partial charge in [0, 0.05) is 10.6 Å². The van der Waals surface area contributed by atoms with Crippen molar-refractivity contribution in [2.24, 2.45) is 5.73 Å². The zero-order valence-electron chi connectivity index (χ0n) is 11.7. The van der Waals surface area contributed by atoms with Crippen LogP contribution < -0.4 is 5.73 Å². The standard InChI is InChI=1S/C10H14ClN.C6H12/c1-10(2,12)7-8-3-5-9(11)6-4-8;1-2-4-6-5-3-1/h3-6H,7,12H2,1-2H3;1-6H2. The first-order valence-corrected chi connectivity index (χ1v) is 7.38. The molecule has 1 saturated carbocycles. The van der Waals surface area contributed by atoms with Crippen LogP contribution in [-0.4, -0.2) is 5.54 Å². The Hall–Kier alpha value is -0.530. The van der Waals surface area contributed by atoms with Crippen LogP contribution in [0.1, 0.15) is 57.9 Å². The molecule has 1 aliphatic carbocycles. The van der Waals surface area contributed by atoms with Crippen molar-refractivity contribution in [2.45, 2.75) is 64.3 Å². The Morgan fingerprint density at radius 1 is 0.944 bits per heavy atom. The van der Waals surface area contributed by atoms with E-state index in [-0.39, 0.29) is 5.54 Å². The third kappa shape index (κ3) is 7.73. The topological polar surface area (TPSA) is 26.0 Å².